The monoisotopic (exact) mass is 315 g/mol. The van der Waals surface area contributed by atoms with Gasteiger partial charge in [-0.05, 0) is 32.7 Å². The molecule has 1 N–H and O–H groups in total. The van der Waals surface area contributed by atoms with Crippen LogP contribution in [0.5, 0.6) is 0 Å². The van der Waals surface area contributed by atoms with Crippen molar-refractivity contribution in [2.24, 2.45) is 5.92 Å². The molecule has 0 aliphatic carbocycles. The van der Waals surface area contributed by atoms with Crippen LogP contribution in [0.25, 0.3) is 11.3 Å². The predicted molar refractivity (Wildman–Crippen MR) is 96.6 cm³/mol. The summed E-state index contributed by atoms with van der Waals surface area (Å²) in [5.41, 5.74) is 3.17. The summed E-state index contributed by atoms with van der Waals surface area (Å²) in [6.45, 7) is 10.6. The van der Waals surface area contributed by atoms with Gasteiger partial charge < -0.3 is 14.7 Å². The highest BCUT2D eigenvalue weighted by atomic mass is 16.5. The molecule has 0 spiro atoms. The van der Waals surface area contributed by atoms with Crippen LogP contribution in [0, 0.1) is 5.92 Å². The molecule has 2 rings (SSSR count). The third-order valence-electron chi connectivity index (χ3n) is 4.11. The van der Waals surface area contributed by atoms with Gasteiger partial charge in [-0.25, -0.2) is 0 Å². The van der Waals surface area contributed by atoms with Gasteiger partial charge in [0.2, 0.25) is 5.88 Å². The zero-order valence-electron chi connectivity index (χ0n) is 15.0. The lowest BCUT2D eigenvalue weighted by Crippen LogP contribution is -2.27. The first-order valence-electron chi connectivity index (χ1n) is 8.48. The van der Waals surface area contributed by atoms with Crippen LogP contribution in [-0.4, -0.2) is 24.8 Å². The number of benzene rings is 1. The van der Waals surface area contributed by atoms with Gasteiger partial charge in [-0.1, -0.05) is 49.3 Å². The first-order chi connectivity index (χ1) is 11.0. The molecule has 1 heterocycles. The van der Waals surface area contributed by atoms with Crippen LogP contribution in [0.3, 0.4) is 0 Å². The first-order valence-corrected chi connectivity index (χ1v) is 8.48. The summed E-state index contributed by atoms with van der Waals surface area (Å²) >= 11 is 0. The van der Waals surface area contributed by atoms with E-state index < -0.39 is 0 Å². The van der Waals surface area contributed by atoms with E-state index >= 15 is 0 Å². The molecule has 0 aliphatic heterocycles. The van der Waals surface area contributed by atoms with Gasteiger partial charge in [0.05, 0.1) is 5.56 Å². The lowest BCUT2D eigenvalue weighted by atomic mass is 10.1. The van der Waals surface area contributed by atoms with Crippen LogP contribution in [0.15, 0.2) is 34.9 Å². The van der Waals surface area contributed by atoms with E-state index in [1.54, 1.807) is 0 Å². The fourth-order valence-electron chi connectivity index (χ4n) is 2.40. The van der Waals surface area contributed by atoms with Crippen LogP contribution < -0.4 is 10.2 Å². The van der Waals surface area contributed by atoms with Crippen molar-refractivity contribution in [3.05, 3.63) is 35.9 Å². The second kappa shape index (κ2) is 8.16. The third-order valence-corrected chi connectivity index (χ3v) is 4.11. The normalized spacial score (nSPS) is 11.4. The Balaban J connectivity index is 2.24. The van der Waals surface area contributed by atoms with Crippen molar-refractivity contribution in [3.8, 4) is 11.3 Å². The van der Waals surface area contributed by atoms with E-state index in [0.29, 0.717) is 12.0 Å². The Morgan fingerprint density at radius 3 is 2.43 bits per heavy atom. The van der Waals surface area contributed by atoms with E-state index in [4.69, 9.17) is 4.52 Å². The molecule has 0 aliphatic rings. The minimum atomic E-state index is 0.362. The zero-order valence-corrected chi connectivity index (χ0v) is 15.0. The Labute approximate surface area is 139 Å². The molecule has 0 bridgehead atoms. The maximum atomic E-state index is 5.69. The van der Waals surface area contributed by atoms with Crippen LogP contribution >= 0.6 is 0 Å². The summed E-state index contributed by atoms with van der Waals surface area (Å²) in [5, 5.41) is 7.88. The topological polar surface area (TPSA) is 41.3 Å². The van der Waals surface area contributed by atoms with E-state index in [2.05, 4.69) is 62.2 Å². The Morgan fingerprint density at radius 1 is 1.13 bits per heavy atom. The molecule has 4 nitrogen and oxygen atoms in total. The molecule has 126 valence electrons. The predicted octanol–water partition coefficient (Wildman–Crippen LogP) is 4.32. The van der Waals surface area contributed by atoms with Crippen LogP contribution in [0.4, 0.5) is 5.88 Å². The van der Waals surface area contributed by atoms with Crippen LogP contribution in [0.1, 0.15) is 39.7 Å². The molecule has 0 atom stereocenters. The standard InChI is InChI=1S/C19H29N3O/c1-14(2)11-12-20-13-17-18(16-9-7-6-8-10-16)21-23-19(17)22(5)15(3)4/h6-10,14-15,20H,11-13H2,1-5H3. The third kappa shape index (κ3) is 4.58. The van der Waals surface area contributed by atoms with Gasteiger partial charge in [0.25, 0.3) is 0 Å². The number of aromatic nitrogens is 1. The van der Waals surface area contributed by atoms with E-state index in [9.17, 15) is 0 Å². The van der Waals surface area contributed by atoms with Crippen molar-refractivity contribution < 1.29 is 4.52 Å². The largest absolute Gasteiger partial charge is 0.341 e. The summed E-state index contributed by atoms with van der Waals surface area (Å²) in [6.07, 6.45) is 1.17. The Bertz CT molecular complexity index is 590. The number of rotatable bonds is 8. The highest BCUT2D eigenvalue weighted by molar-refractivity contribution is 5.68. The first kappa shape index (κ1) is 17.5. The molecule has 0 saturated carbocycles. The maximum absolute atomic E-state index is 5.69. The smallest absolute Gasteiger partial charge is 0.232 e. The van der Waals surface area contributed by atoms with Gasteiger partial charge in [-0.15, -0.1) is 0 Å². The molecule has 0 saturated heterocycles. The molecule has 2 aromatic rings. The molecule has 4 heteroatoms. The number of hydrogen-bond acceptors (Lipinski definition) is 4. The molecule has 0 fully saturated rings. The number of nitrogens with zero attached hydrogens (tertiary/aromatic N) is 2. The quantitative estimate of drug-likeness (QED) is 0.737. The summed E-state index contributed by atoms with van der Waals surface area (Å²) < 4.78 is 5.69. The second-order valence-corrected chi connectivity index (χ2v) is 6.74. The van der Waals surface area contributed by atoms with Gasteiger partial charge in [0.1, 0.15) is 5.69 Å². The van der Waals surface area contributed by atoms with Crippen molar-refractivity contribution in [1.29, 1.82) is 0 Å². The van der Waals surface area contributed by atoms with Gasteiger partial charge in [0, 0.05) is 25.2 Å². The van der Waals surface area contributed by atoms with E-state index in [1.165, 1.54) is 6.42 Å². The Kier molecular flexibility index (Phi) is 6.22. The summed E-state index contributed by atoms with van der Waals surface area (Å²) in [7, 11) is 2.05. The van der Waals surface area contributed by atoms with Crippen molar-refractivity contribution >= 4 is 5.88 Å². The maximum Gasteiger partial charge on any atom is 0.232 e. The number of nitrogens with one attached hydrogen (secondary N) is 1. The average molecular weight is 315 g/mol. The summed E-state index contributed by atoms with van der Waals surface area (Å²) in [4.78, 5) is 2.14. The Hall–Kier alpha value is -1.81. The van der Waals surface area contributed by atoms with Gasteiger partial charge in [0.15, 0.2) is 0 Å². The van der Waals surface area contributed by atoms with E-state index in [0.717, 1.165) is 35.8 Å². The van der Waals surface area contributed by atoms with E-state index in [1.807, 2.05) is 18.2 Å². The molecule has 0 amide bonds. The van der Waals surface area contributed by atoms with Gasteiger partial charge in [-0.2, -0.15) is 0 Å². The minimum Gasteiger partial charge on any atom is -0.341 e. The highest BCUT2D eigenvalue weighted by Gasteiger charge is 2.21. The molecular formula is C19H29N3O. The van der Waals surface area contributed by atoms with Gasteiger partial charge >= 0.3 is 0 Å². The lowest BCUT2D eigenvalue weighted by Gasteiger charge is -2.21. The number of hydrogen-bond donors (Lipinski definition) is 1. The highest BCUT2D eigenvalue weighted by Crippen LogP contribution is 2.31. The van der Waals surface area contributed by atoms with Crippen LogP contribution in [0.2, 0.25) is 0 Å². The Morgan fingerprint density at radius 2 is 1.83 bits per heavy atom. The van der Waals surface area contributed by atoms with Crippen molar-refractivity contribution in [2.75, 3.05) is 18.5 Å². The minimum absolute atomic E-state index is 0.362. The second-order valence-electron chi connectivity index (χ2n) is 6.74. The molecule has 1 aromatic heterocycles. The summed E-state index contributed by atoms with van der Waals surface area (Å²) in [5.74, 6) is 1.56. The van der Waals surface area contributed by atoms with Crippen molar-refractivity contribution in [3.63, 3.8) is 0 Å². The number of anilines is 1. The molecule has 1 aromatic carbocycles. The fourth-order valence-corrected chi connectivity index (χ4v) is 2.40. The van der Waals surface area contributed by atoms with Crippen molar-refractivity contribution in [2.45, 2.75) is 46.7 Å². The SMILES string of the molecule is CC(C)CCNCc1c(-c2ccccc2)noc1N(C)C(C)C. The fraction of sp³-hybridized carbons (Fsp3) is 0.526. The van der Waals surface area contributed by atoms with E-state index in [-0.39, 0.29) is 0 Å². The van der Waals surface area contributed by atoms with Crippen molar-refractivity contribution in [1.82, 2.24) is 10.5 Å². The molecule has 23 heavy (non-hydrogen) atoms. The molecule has 0 unspecified atom stereocenters. The summed E-state index contributed by atoms with van der Waals surface area (Å²) in [6, 6.07) is 10.6. The zero-order chi connectivity index (χ0) is 16.8. The van der Waals surface area contributed by atoms with Gasteiger partial charge in [-0.3, -0.25) is 0 Å². The average Bonchev–Trinajstić information content (AvgIpc) is 2.95. The molecular weight excluding hydrogens is 286 g/mol. The molecule has 0 radical (unpaired) electrons. The lowest BCUT2D eigenvalue weighted by molar-refractivity contribution is 0.415. The van der Waals surface area contributed by atoms with Crippen LogP contribution in [-0.2, 0) is 6.54 Å².